The van der Waals surface area contributed by atoms with E-state index in [1.54, 1.807) is 0 Å². The maximum atomic E-state index is 12.1. The lowest BCUT2D eigenvalue weighted by Gasteiger charge is -2.14. The van der Waals surface area contributed by atoms with Crippen LogP contribution in [0.4, 0.5) is 0 Å². The molecule has 1 N–H and O–H groups in total. The van der Waals surface area contributed by atoms with Crippen molar-refractivity contribution in [3.63, 3.8) is 0 Å². The van der Waals surface area contributed by atoms with Crippen LogP contribution in [-0.4, -0.2) is 23.8 Å². The van der Waals surface area contributed by atoms with E-state index in [1.165, 1.54) is 64.0 Å². The first-order valence-electron chi connectivity index (χ1n) is 10.9. The lowest BCUT2D eigenvalue weighted by atomic mass is 9.94. The van der Waals surface area contributed by atoms with Crippen LogP contribution in [0.3, 0.4) is 0 Å². The van der Waals surface area contributed by atoms with Crippen LogP contribution in [0, 0.1) is 0 Å². The number of carbonyl (C=O) groups excluding carboxylic acids is 2. The van der Waals surface area contributed by atoms with Gasteiger partial charge in [-0.05, 0) is 31.2 Å². The molecule has 0 aliphatic heterocycles. The molecule has 29 heavy (non-hydrogen) atoms. The fourth-order valence-corrected chi connectivity index (χ4v) is 3.73. The molecule has 0 radical (unpaired) electrons. The van der Waals surface area contributed by atoms with Crippen LogP contribution < -0.4 is 0 Å². The molecule has 1 aliphatic carbocycles. The Morgan fingerprint density at radius 3 is 1.83 bits per heavy atom. The van der Waals surface area contributed by atoms with Gasteiger partial charge in [0.05, 0.1) is 7.11 Å². The van der Waals surface area contributed by atoms with Crippen molar-refractivity contribution in [3.05, 3.63) is 59.1 Å². The zero-order chi connectivity index (χ0) is 20.9. The van der Waals surface area contributed by atoms with E-state index in [2.05, 4.69) is 30.3 Å². The number of ketones is 2. The van der Waals surface area contributed by atoms with E-state index in [1.807, 2.05) is 0 Å². The van der Waals surface area contributed by atoms with Crippen LogP contribution in [0.5, 0.6) is 0 Å². The predicted octanol–water partition coefficient (Wildman–Crippen LogP) is 6.01. The molecule has 4 heteroatoms. The number of Topliss-reactive ketones (excluding diaryl/α,β-unsaturated/α-hetero) is 1. The van der Waals surface area contributed by atoms with Gasteiger partial charge in [0, 0.05) is 11.6 Å². The van der Waals surface area contributed by atoms with Crippen LogP contribution >= 0.6 is 0 Å². The van der Waals surface area contributed by atoms with Crippen LogP contribution in [0.1, 0.15) is 76.2 Å². The first-order chi connectivity index (χ1) is 14.1. The number of ether oxygens (including phenoxy) is 1. The summed E-state index contributed by atoms with van der Waals surface area (Å²) in [5, 5.41) is 9.86. The molecular weight excluding hydrogens is 364 g/mol. The minimum Gasteiger partial charge on any atom is -0.504 e. The minimum atomic E-state index is -0.541. The Bertz CT molecular complexity index is 716. The number of hydrogen-bond acceptors (Lipinski definition) is 4. The number of aliphatic hydroxyl groups is 1. The van der Waals surface area contributed by atoms with Crippen LogP contribution in [0.25, 0.3) is 0 Å². The molecule has 0 spiro atoms. The third-order valence-corrected chi connectivity index (χ3v) is 5.48. The zero-order valence-corrected chi connectivity index (χ0v) is 17.6. The van der Waals surface area contributed by atoms with E-state index >= 15 is 0 Å². The Morgan fingerprint density at radius 1 is 0.759 bits per heavy atom. The van der Waals surface area contributed by atoms with Crippen LogP contribution in [0.2, 0.25) is 0 Å². The average molecular weight is 399 g/mol. The number of unbranched alkanes of at least 4 members (excludes halogenated alkanes) is 9. The summed E-state index contributed by atoms with van der Waals surface area (Å²) in [6.07, 6.45) is 14.5. The predicted molar refractivity (Wildman–Crippen MR) is 116 cm³/mol. The van der Waals surface area contributed by atoms with Gasteiger partial charge >= 0.3 is 0 Å². The zero-order valence-electron chi connectivity index (χ0n) is 17.6. The number of hydrogen-bond donors (Lipinski definition) is 1. The normalized spacial score (nSPS) is 14.3. The second kappa shape index (κ2) is 13.0. The molecule has 0 amide bonds. The molecular formula is C25H34O4. The van der Waals surface area contributed by atoms with E-state index in [0.29, 0.717) is 6.42 Å². The molecule has 4 nitrogen and oxygen atoms in total. The average Bonchev–Trinajstić information content (AvgIpc) is 2.74. The SMILES string of the molecule is COC1=CC(=O)C(O)=C(CCCCCCCCCCCCc2ccccc2)C1=O. The molecule has 0 saturated heterocycles. The smallest absolute Gasteiger partial charge is 0.227 e. The Hall–Kier alpha value is -2.36. The molecule has 1 aromatic rings. The molecule has 158 valence electrons. The van der Waals surface area contributed by atoms with Crippen molar-refractivity contribution < 1.29 is 19.4 Å². The Labute approximate surface area is 174 Å². The third-order valence-electron chi connectivity index (χ3n) is 5.48. The van der Waals surface area contributed by atoms with Crippen molar-refractivity contribution in [3.8, 4) is 0 Å². The first kappa shape index (κ1) is 22.9. The summed E-state index contributed by atoms with van der Waals surface area (Å²) in [7, 11) is 1.36. The van der Waals surface area contributed by atoms with E-state index in [9.17, 15) is 14.7 Å². The van der Waals surface area contributed by atoms with Crippen LogP contribution in [0.15, 0.2) is 53.5 Å². The number of carbonyl (C=O) groups is 2. The summed E-state index contributed by atoms with van der Waals surface area (Å²) in [6.45, 7) is 0. The highest BCUT2D eigenvalue weighted by molar-refractivity contribution is 6.20. The maximum absolute atomic E-state index is 12.1. The quantitative estimate of drug-likeness (QED) is 0.308. The number of benzene rings is 1. The van der Waals surface area contributed by atoms with Crippen molar-refractivity contribution in [2.75, 3.05) is 7.11 Å². The molecule has 0 aromatic heterocycles. The van der Waals surface area contributed by atoms with Gasteiger partial charge in [0.15, 0.2) is 11.5 Å². The van der Waals surface area contributed by atoms with Gasteiger partial charge in [-0.1, -0.05) is 81.7 Å². The summed E-state index contributed by atoms with van der Waals surface area (Å²) in [5.74, 6) is -1.30. The standard InChI is InChI=1S/C25H34O4/c1-29-23-19-22(26)24(27)21(25(23)28)18-14-9-7-5-3-2-4-6-8-11-15-20-16-12-10-13-17-20/h10,12-13,16-17,19,27H,2-9,11,14-15,18H2,1H3. The van der Waals surface area contributed by atoms with E-state index < -0.39 is 11.5 Å². The van der Waals surface area contributed by atoms with E-state index in [0.717, 1.165) is 25.3 Å². The second-order valence-corrected chi connectivity index (χ2v) is 7.75. The van der Waals surface area contributed by atoms with Crippen molar-refractivity contribution in [2.45, 2.75) is 77.0 Å². The number of methoxy groups -OCH3 is 1. The fraction of sp³-hybridized carbons (Fsp3) is 0.520. The van der Waals surface area contributed by atoms with Gasteiger partial charge in [0.25, 0.3) is 0 Å². The van der Waals surface area contributed by atoms with Gasteiger partial charge < -0.3 is 9.84 Å². The van der Waals surface area contributed by atoms with Gasteiger partial charge in [-0.15, -0.1) is 0 Å². The molecule has 0 fully saturated rings. The molecule has 2 rings (SSSR count). The van der Waals surface area contributed by atoms with Crippen LogP contribution in [-0.2, 0) is 20.7 Å². The lowest BCUT2D eigenvalue weighted by molar-refractivity contribution is -0.119. The molecule has 1 aliphatic rings. The van der Waals surface area contributed by atoms with Gasteiger partial charge in [-0.25, -0.2) is 0 Å². The molecule has 0 bridgehead atoms. The summed E-state index contributed by atoms with van der Waals surface area (Å²) in [4.78, 5) is 23.8. The molecule has 0 atom stereocenters. The van der Waals surface area contributed by atoms with Gasteiger partial charge in [0.1, 0.15) is 0 Å². The summed E-state index contributed by atoms with van der Waals surface area (Å²) >= 11 is 0. The maximum Gasteiger partial charge on any atom is 0.227 e. The van der Waals surface area contributed by atoms with Gasteiger partial charge in [0.2, 0.25) is 11.6 Å². The third kappa shape index (κ3) is 7.88. The van der Waals surface area contributed by atoms with Crippen molar-refractivity contribution in [1.82, 2.24) is 0 Å². The summed E-state index contributed by atoms with van der Waals surface area (Å²) in [6, 6.07) is 10.7. The number of allylic oxidation sites excluding steroid dienone is 2. The number of aliphatic hydroxyl groups excluding tert-OH is 1. The molecule has 0 unspecified atom stereocenters. The van der Waals surface area contributed by atoms with Crippen molar-refractivity contribution >= 4 is 11.6 Å². The highest BCUT2D eigenvalue weighted by atomic mass is 16.5. The second-order valence-electron chi connectivity index (χ2n) is 7.75. The Morgan fingerprint density at radius 2 is 1.28 bits per heavy atom. The minimum absolute atomic E-state index is 0.0200. The van der Waals surface area contributed by atoms with E-state index in [4.69, 9.17) is 4.74 Å². The fourth-order valence-electron chi connectivity index (χ4n) is 3.73. The molecule has 1 aromatic carbocycles. The number of aryl methyl sites for hydroxylation is 1. The topological polar surface area (TPSA) is 63.6 Å². The molecule has 0 heterocycles. The van der Waals surface area contributed by atoms with Crippen molar-refractivity contribution in [2.24, 2.45) is 0 Å². The number of rotatable bonds is 14. The highest BCUT2D eigenvalue weighted by Crippen LogP contribution is 2.23. The van der Waals surface area contributed by atoms with Gasteiger partial charge in [-0.2, -0.15) is 0 Å². The largest absolute Gasteiger partial charge is 0.504 e. The summed E-state index contributed by atoms with van der Waals surface area (Å²) in [5.41, 5.74) is 1.63. The van der Waals surface area contributed by atoms with Gasteiger partial charge in [-0.3, -0.25) is 9.59 Å². The van der Waals surface area contributed by atoms with Crippen molar-refractivity contribution in [1.29, 1.82) is 0 Å². The Kier molecular flexibility index (Phi) is 10.3. The monoisotopic (exact) mass is 398 g/mol. The Balaban J connectivity index is 1.46. The first-order valence-corrected chi connectivity index (χ1v) is 10.9. The lowest BCUT2D eigenvalue weighted by Crippen LogP contribution is -2.20. The molecule has 0 saturated carbocycles. The highest BCUT2D eigenvalue weighted by Gasteiger charge is 2.28. The van der Waals surface area contributed by atoms with E-state index in [-0.39, 0.29) is 17.1 Å². The summed E-state index contributed by atoms with van der Waals surface area (Å²) < 4.78 is 4.93.